The summed E-state index contributed by atoms with van der Waals surface area (Å²) in [7, 11) is 0. The molecule has 2 N–H and O–H groups in total. The van der Waals surface area contributed by atoms with E-state index in [2.05, 4.69) is 13.8 Å². The van der Waals surface area contributed by atoms with Gasteiger partial charge in [0.1, 0.15) is 6.61 Å². The fourth-order valence-electron chi connectivity index (χ4n) is 6.96. The lowest BCUT2D eigenvalue weighted by Crippen LogP contribution is -2.56. The summed E-state index contributed by atoms with van der Waals surface area (Å²) < 4.78 is 0. The van der Waals surface area contributed by atoms with Gasteiger partial charge in [-0.3, -0.25) is 9.59 Å². The highest BCUT2D eigenvalue weighted by Gasteiger charge is 2.62. The number of allylic oxidation sites excluding steroid dienone is 4. The Morgan fingerprint density at radius 1 is 1.28 bits per heavy atom. The van der Waals surface area contributed by atoms with Crippen LogP contribution < -0.4 is 0 Å². The first-order valence-corrected chi connectivity index (χ1v) is 9.57. The third-order valence-electron chi connectivity index (χ3n) is 8.04. The summed E-state index contributed by atoms with van der Waals surface area (Å²) >= 11 is 0. The van der Waals surface area contributed by atoms with Crippen molar-refractivity contribution in [3.05, 3.63) is 23.8 Å². The van der Waals surface area contributed by atoms with E-state index in [0.717, 1.165) is 31.3 Å². The molecule has 7 atom stereocenters. The van der Waals surface area contributed by atoms with E-state index < -0.39 is 12.7 Å². The molecule has 0 heterocycles. The van der Waals surface area contributed by atoms with Crippen LogP contribution in [-0.4, -0.2) is 34.5 Å². The molecule has 0 bridgehead atoms. The van der Waals surface area contributed by atoms with Gasteiger partial charge in [0.05, 0.1) is 6.10 Å². The van der Waals surface area contributed by atoms with Gasteiger partial charge in [0.2, 0.25) is 0 Å². The van der Waals surface area contributed by atoms with Crippen LogP contribution in [0.15, 0.2) is 23.8 Å². The lowest BCUT2D eigenvalue weighted by Gasteiger charge is -2.58. The quantitative estimate of drug-likeness (QED) is 0.807. The molecule has 4 aliphatic carbocycles. The van der Waals surface area contributed by atoms with Crippen LogP contribution in [0.1, 0.15) is 46.0 Å². The number of Topliss-reactive ketones (excluding diaryl/α,β-unsaturated/α-hetero) is 1. The summed E-state index contributed by atoms with van der Waals surface area (Å²) in [4.78, 5) is 24.1. The maximum atomic E-state index is 12.3. The number of hydrogen-bond donors (Lipinski definition) is 2. The van der Waals surface area contributed by atoms with Gasteiger partial charge in [-0.05, 0) is 61.5 Å². The maximum absolute atomic E-state index is 12.3. The van der Waals surface area contributed by atoms with Gasteiger partial charge in [-0.25, -0.2) is 0 Å². The number of carbonyl (C=O) groups is 2. The van der Waals surface area contributed by atoms with E-state index in [9.17, 15) is 19.8 Å². The molecule has 0 aromatic carbocycles. The topological polar surface area (TPSA) is 74.6 Å². The summed E-state index contributed by atoms with van der Waals surface area (Å²) in [5, 5.41) is 20.5. The molecule has 0 amide bonds. The summed E-state index contributed by atoms with van der Waals surface area (Å²) in [6.07, 6.45) is 9.25. The van der Waals surface area contributed by atoms with Gasteiger partial charge < -0.3 is 10.2 Å². The van der Waals surface area contributed by atoms with E-state index in [1.54, 1.807) is 12.2 Å². The molecular weight excluding hydrogens is 316 g/mol. The molecule has 0 aromatic rings. The second kappa shape index (κ2) is 5.62. The molecule has 0 spiro atoms. The van der Waals surface area contributed by atoms with Crippen molar-refractivity contribution in [2.45, 2.75) is 52.1 Å². The zero-order valence-corrected chi connectivity index (χ0v) is 15.1. The van der Waals surface area contributed by atoms with Crippen LogP contribution in [0.3, 0.4) is 0 Å². The largest absolute Gasteiger partial charge is 0.393 e. The standard InChI is InChI=1S/C21H28O4/c1-20-8-7-13(23)9-12(20)3-4-14-15-5-6-16(18(25)11-22)21(15,2)10-17(24)19(14)20/h7-9,14-17,19,22,24H,3-6,10-11H2,1-2H3/t14-,15-,16+,17-,19?,20-,21-/m0/s1. The smallest absolute Gasteiger partial charge is 0.178 e. The van der Waals surface area contributed by atoms with Crippen molar-refractivity contribution in [3.63, 3.8) is 0 Å². The third kappa shape index (κ3) is 2.26. The summed E-state index contributed by atoms with van der Waals surface area (Å²) in [6, 6.07) is 0. The maximum Gasteiger partial charge on any atom is 0.178 e. The highest BCUT2D eigenvalue weighted by atomic mass is 16.3. The Bertz CT molecular complexity index is 677. The van der Waals surface area contributed by atoms with E-state index in [0.29, 0.717) is 18.3 Å². The van der Waals surface area contributed by atoms with Crippen molar-refractivity contribution in [3.8, 4) is 0 Å². The highest BCUT2D eigenvalue weighted by Crippen LogP contribution is 2.65. The van der Waals surface area contributed by atoms with Crippen molar-refractivity contribution in [2.75, 3.05) is 6.61 Å². The average Bonchev–Trinajstić information content (AvgIpc) is 2.91. The molecule has 0 saturated heterocycles. The molecule has 0 radical (unpaired) electrons. The van der Waals surface area contributed by atoms with Crippen molar-refractivity contribution in [1.29, 1.82) is 0 Å². The van der Waals surface area contributed by atoms with Gasteiger partial charge >= 0.3 is 0 Å². The summed E-state index contributed by atoms with van der Waals surface area (Å²) in [5.74, 6) is 0.734. The summed E-state index contributed by atoms with van der Waals surface area (Å²) in [6.45, 7) is 3.92. The zero-order chi connectivity index (χ0) is 18.0. The molecule has 4 aliphatic rings. The minimum absolute atomic E-state index is 0.0514. The molecule has 3 saturated carbocycles. The van der Waals surface area contributed by atoms with Crippen LogP contribution in [-0.2, 0) is 9.59 Å². The number of carbonyl (C=O) groups excluding carboxylic acids is 2. The Morgan fingerprint density at radius 2 is 2.04 bits per heavy atom. The van der Waals surface area contributed by atoms with Gasteiger partial charge in [0, 0.05) is 17.3 Å². The van der Waals surface area contributed by atoms with E-state index in [4.69, 9.17) is 0 Å². The number of fused-ring (bicyclic) bond motifs is 5. The first-order chi connectivity index (χ1) is 11.8. The normalized spacial score (nSPS) is 48.4. The number of aliphatic hydroxyl groups excluding tert-OH is 2. The molecular formula is C21H28O4. The van der Waals surface area contributed by atoms with Crippen molar-refractivity contribution >= 4 is 11.6 Å². The van der Waals surface area contributed by atoms with Crippen LogP contribution in [0.25, 0.3) is 0 Å². The van der Waals surface area contributed by atoms with E-state index >= 15 is 0 Å². The number of rotatable bonds is 2. The lowest BCUT2D eigenvalue weighted by molar-refractivity contribution is -0.141. The van der Waals surface area contributed by atoms with E-state index in [-0.39, 0.29) is 34.2 Å². The van der Waals surface area contributed by atoms with Crippen molar-refractivity contribution < 1.29 is 19.8 Å². The monoisotopic (exact) mass is 344 g/mol. The number of aliphatic hydroxyl groups is 2. The van der Waals surface area contributed by atoms with Crippen molar-refractivity contribution in [2.24, 2.45) is 34.5 Å². The van der Waals surface area contributed by atoms with Gasteiger partial charge in [0.25, 0.3) is 0 Å². The predicted molar refractivity (Wildman–Crippen MR) is 93.6 cm³/mol. The summed E-state index contributed by atoms with van der Waals surface area (Å²) in [5.41, 5.74) is 0.688. The minimum Gasteiger partial charge on any atom is -0.393 e. The highest BCUT2D eigenvalue weighted by molar-refractivity contribution is 6.01. The van der Waals surface area contributed by atoms with Gasteiger partial charge in [-0.15, -0.1) is 0 Å². The van der Waals surface area contributed by atoms with Crippen LogP contribution in [0.4, 0.5) is 0 Å². The van der Waals surface area contributed by atoms with Crippen LogP contribution >= 0.6 is 0 Å². The lowest BCUT2D eigenvalue weighted by atomic mass is 9.46. The Kier molecular flexibility index (Phi) is 3.86. The first kappa shape index (κ1) is 17.2. The molecule has 0 aromatic heterocycles. The van der Waals surface area contributed by atoms with Gasteiger partial charge in [-0.1, -0.05) is 25.5 Å². The molecule has 3 fully saturated rings. The molecule has 136 valence electrons. The minimum atomic E-state index is -0.482. The fourth-order valence-corrected chi connectivity index (χ4v) is 6.96. The second-order valence-corrected chi connectivity index (χ2v) is 9.05. The molecule has 0 aliphatic heterocycles. The SMILES string of the molecule is C[C@]12C[C@H](O)C3[C@@H](CCC4=CC(=O)C=C[C@@]43C)[C@@H]1CC[C@@H]2C(=O)CO. The molecule has 4 nitrogen and oxygen atoms in total. The number of hydrogen-bond acceptors (Lipinski definition) is 4. The Balaban J connectivity index is 1.71. The van der Waals surface area contributed by atoms with Crippen LogP contribution in [0.5, 0.6) is 0 Å². The first-order valence-electron chi connectivity index (χ1n) is 9.57. The fraction of sp³-hybridized carbons (Fsp3) is 0.714. The Hall–Kier alpha value is -1.26. The Morgan fingerprint density at radius 3 is 2.76 bits per heavy atom. The Labute approximate surface area is 149 Å². The van der Waals surface area contributed by atoms with E-state index in [1.165, 1.54) is 0 Å². The van der Waals surface area contributed by atoms with E-state index in [1.807, 2.05) is 6.08 Å². The van der Waals surface area contributed by atoms with Crippen molar-refractivity contribution in [1.82, 2.24) is 0 Å². The zero-order valence-electron chi connectivity index (χ0n) is 15.1. The molecule has 25 heavy (non-hydrogen) atoms. The molecule has 4 heteroatoms. The average molecular weight is 344 g/mol. The van der Waals surface area contributed by atoms with Gasteiger partial charge in [-0.2, -0.15) is 0 Å². The number of ketones is 2. The predicted octanol–water partition coefficient (Wildman–Crippen LogP) is 2.44. The molecule has 4 rings (SSSR count). The second-order valence-electron chi connectivity index (χ2n) is 9.05. The molecule has 1 unspecified atom stereocenters. The third-order valence-corrected chi connectivity index (χ3v) is 8.04. The van der Waals surface area contributed by atoms with Crippen LogP contribution in [0, 0.1) is 34.5 Å². The van der Waals surface area contributed by atoms with Crippen LogP contribution in [0.2, 0.25) is 0 Å². The van der Waals surface area contributed by atoms with Gasteiger partial charge in [0.15, 0.2) is 11.6 Å².